The van der Waals surface area contributed by atoms with Gasteiger partial charge in [0.15, 0.2) is 0 Å². The van der Waals surface area contributed by atoms with Gasteiger partial charge in [-0.25, -0.2) is 4.79 Å². The Morgan fingerprint density at radius 2 is 2.38 bits per heavy atom. The molecule has 0 saturated carbocycles. The number of carboxylic acid groups (broad SMARTS) is 1. The zero-order valence-corrected chi connectivity index (χ0v) is 4.90. The predicted octanol–water partition coefficient (Wildman–Crippen LogP) is 0.703. The lowest BCUT2D eigenvalue weighted by Crippen LogP contribution is -1.86. The van der Waals surface area contributed by atoms with E-state index in [1.807, 2.05) is 5.92 Å². The van der Waals surface area contributed by atoms with Crippen molar-refractivity contribution in [2.24, 2.45) is 0 Å². The average Bonchev–Trinajstić information content (AvgIpc) is 1.66. The summed E-state index contributed by atoms with van der Waals surface area (Å²) < 4.78 is 0. The number of carboxylic acids is 1. The minimum Gasteiger partial charge on any atom is -0.472 e. The van der Waals surface area contributed by atoms with Crippen LogP contribution in [0.15, 0.2) is 0 Å². The van der Waals surface area contributed by atoms with E-state index in [-0.39, 0.29) is 0 Å². The number of hydrogen-bond acceptors (Lipinski definition) is 1. The van der Waals surface area contributed by atoms with Crippen LogP contribution < -0.4 is 0 Å². The van der Waals surface area contributed by atoms with E-state index in [2.05, 4.69) is 5.92 Å². The third-order valence-electron chi connectivity index (χ3n) is 0.415. The van der Waals surface area contributed by atoms with Crippen LogP contribution in [0.1, 0.15) is 6.42 Å². The van der Waals surface area contributed by atoms with Crippen molar-refractivity contribution in [3.8, 4) is 11.8 Å². The highest BCUT2D eigenvalue weighted by atomic mass is 35.5. The molecule has 0 amide bonds. The molecular formula is C5H5ClO2. The van der Waals surface area contributed by atoms with Crippen LogP contribution >= 0.6 is 11.6 Å². The van der Waals surface area contributed by atoms with Gasteiger partial charge < -0.3 is 5.11 Å². The number of hydrogen-bond donors (Lipinski definition) is 1. The van der Waals surface area contributed by atoms with Crippen LogP contribution in [0.2, 0.25) is 0 Å². The van der Waals surface area contributed by atoms with E-state index >= 15 is 0 Å². The summed E-state index contributed by atoms with van der Waals surface area (Å²) in [6.07, 6.45) is 0.438. The summed E-state index contributed by atoms with van der Waals surface area (Å²) in [4.78, 5) is 9.66. The van der Waals surface area contributed by atoms with Gasteiger partial charge in [-0.1, -0.05) is 5.92 Å². The number of rotatable bonds is 1. The molecule has 0 aromatic carbocycles. The maximum Gasteiger partial charge on any atom is 0.381 e. The van der Waals surface area contributed by atoms with E-state index in [1.165, 1.54) is 0 Å². The zero-order chi connectivity index (χ0) is 6.41. The summed E-state index contributed by atoms with van der Waals surface area (Å²) >= 11 is 5.19. The number of carbonyl (C=O) groups is 1. The van der Waals surface area contributed by atoms with Crippen molar-refractivity contribution in [2.45, 2.75) is 6.42 Å². The van der Waals surface area contributed by atoms with Gasteiger partial charge in [0.1, 0.15) is 0 Å². The third-order valence-corrected chi connectivity index (χ3v) is 0.604. The number of halogens is 1. The average molecular weight is 133 g/mol. The fourth-order valence-electron chi connectivity index (χ4n) is 0.185. The molecule has 0 aromatic heterocycles. The normalized spacial score (nSPS) is 7.12. The second-order valence-electron chi connectivity index (χ2n) is 1.05. The van der Waals surface area contributed by atoms with E-state index in [9.17, 15) is 4.79 Å². The van der Waals surface area contributed by atoms with E-state index in [1.54, 1.807) is 0 Å². The quantitative estimate of drug-likeness (QED) is 0.421. The molecule has 0 bridgehead atoms. The van der Waals surface area contributed by atoms with Crippen molar-refractivity contribution < 1.29 is 9.90 Å². The monoisotopic (exact) mass is 132 g/mol. The molecule has 0 aliphatic carbocycles. The molecule has 0 heterocycles. The molecule has 0 atom stereocenters. The fraction of sp³-hybridized carbons (Fsp3) is 0.400. The number of aliphatic carboxylic acids is 1. The summed E-state index contributed by atoms with van der Waals surface area (Å²) in [5.41, 5.74) is 0. The van der Waals surface area contributed by atoms with Crippen LogP contribution in [0.3, 0.4) is 0 Å². The van der Waals surface area contributed by atoms with Gasteiger partial charge in [-0.15, -0.1) is 11.6 Å². The highest BCUT2D eigenvalue weighted by Gasteiger charge is 1.80. The molecule has 0 aliphatic rings. The van der Waals surface area contributed by atoms with Crippen molar-refractivity contribution in [1.29, 1.82) is 0 Å². The first-order valence-electron chi connectivity index (χ1n) is 2.05. The lowest BCUT2D eigenvalue weighted by atomic mass is 10.5. The van der Waals surface area contributed by atoms with Gasteiger partial charge in [-0.05, 0) is 0 Å². The van der Waals surface area contributed by atoms with Gasteiger partial charge in [-0.3, -0.25) is 0 Å². The first-order chi connectivity index (χ1) is 3.77. The molecule has 3 heteroatoms. The molecule has 2 nitrogen and oxygen atoms in total. The highest BCUT2D eigenvalue weighted by Crippen LogP contribution is 1.78. The maximum absolute atomic E-state index is 9.66. The van der Waals surface area contributed by atoms with Crippen LogP contribution in [0, 0.1) is 11.8 Å². The Bertz CT molecular complexity index is 131. The first-order valence-corrected chi connectivity index (χ1v) is 2.58. The van der Waals surface area contributed by atoms with Gasteiger partial charge in [-0.2, -0.15) is 0 Å². The molecule has 1 N–H and O–H groups in total. The molecule has 0 saturated heterocycles. The molecule has 0 unspecified atom stereocenters. The molecule has 0 rings (SSSR count). The van der Waals surface area contributed by atoms with Crippen molar-refractivity contribution in [3.63, 3.8) is 0 Å². The lowest BCUT2D eigenvalue weighted by molar-refractivity contribution is -0.130. The zero-order valence-electron chi connectivity index (χ0n) is 4.15. The Morgan fingerprint density at radius 3 is 2.75 bits per heavy atom. The van der Waals surface area contributed by atoms with Crippen LogP contribution in [0.25, 0.3) is 0 Å². The SMILES string of the molecule is O=C(O)C#CCCCl. The predicted molar refractivity (Wildman–Crippen MR) is 30.7 cm³/mol. The van der Waals surface area contributed by atoms with Gasteiger partial charge in [0, 0.05) is 18.2 Å². The van der Waals surface area contributed by atoms with Crippen LogP contribution in [-0.2, 0) is 4.79 Å². The molecule has 0 aliphatic heterocycles. The lowest BCUT2D eigenvalue weighted by Gasteiger charge is -1.72. The summed E-state index contributed by atoms with van der Waals surface area (Å²) in [6.45, 7) is 0. The van der Waals surface area contributed by atoms with E-state index < -0.39 is 5.97 Å². The fourth-order valence-corrected chi connectivity index (χ4v) is 0.280. The van der Waals surface area contributed by atoms with Crippen LogP contribution in [0.4, 0.5) is 0 Å². The molecule has 0 aromatic rings. The maximum atomic E-state index is 9.66. The van der Waals surface area contributed by atoms with Gasteiger partial charge >= 0.3 is 5.97 Å². The Morgan fingerprint density at radius 1 is 1.75 bits per heavy atom. The van der Waals surface area contributed by atoms with Gasteiger partial charge in [0.05, 0.1) is 0 Å². The highest BCUT2D eigenvalue weighted by molar-refractivity contribution is 6.18. The van der Waals surface area contributed by atoms with Gasteiger partial charge in [0.2, 0.25) is 0 Å². The topological polar surface area (TPSA) is 37.3 Å². The third kappa shape index (κ3) is 5.32. The van der Waals surface area contributed by atoms with E-state index in [4.69, 9.17) is 16.7 Å². The molecule has 0 radical (unpaired) electrons. The second kappa shape index (κ2) is 4.48. The van der Waals surface area contributed by atoms with E-state index in [0.29, 0.717) is 12.3 Å². The number of alkyl halides is 1. The van der Waals surface area contributed by atoms with Crippen LogP contribution in [0.5, 0.6) is 0 Å². The Balaban J connectivity index is 3.35. The standard InChI is InChI=1S/C5H5ClO2/c6-4-2-1-3-5(7)8/h2,4H2,(H,7,8). The molecular weight excluding hydrogens is 128 g/mol. The van der Waals surface area contributed by atoms with Crippen molar-refractivity contribution in [3.05, 3.63) is 0 Å². The molecule has 44 valence electrons. The summed E-state index contributed by atoms with van der Waals surface area (Å²) in [5, 5.41) is 7.92. The van der Waals surface area contributed by atoms with Crippen LogP contribution in [-0.4, -0.2) is 17.0 Å². The summed E-state index contributed by atoms with van der Waals surface area (Å²) in [7, 11) is 0. The summed E-state index contributed by atoms with van der Waals surface area (Å²) in [5.74, 6) is 3.57. The first kappa shape index (κ1) is 7.32. The van der Waals surface area contributed by atoms with Crippen molar-refractivity contribution in [2.75, 3.05) is 5.88 Å². The van der Waals surface area contributed by atoms with Gasteiger partial charge in [0.25, 0.3) is 0 Å². The summed E-state index contributed by atoms with van der Waals surface area (Å²) in [6, 6.07) is 0. The Kier molecular flexibility index (Phi) is 4.10. The second-order valence-corrected chi connectivity index (χ2v) is 1.42. The van der Waals surface area contributed by atoms with Crippen molar-refractivity contribution in [1.82, 2.24) is 0 Å². The molecule has 0 spiro atoms. The Labute approximate surface area is 52.5 Å². The minimum atomic E-state index is -1.10. The van der Waals surface area contributed by atoms with E-state index in [0.717, 1.165) is 0 Å². The Hall–Kier alpha value is -0.680. The largest absolute Gasteiger partial charge is 0.472 e. The smallest absolute Gasteiger partial charge is 0.381 e. The molecule has 0 fully saturated rings. The van der Waals surface area contributed by atoms with Crippen molar-refractivity contribution >= 4 is 17.6 Å². The molecule has 8 heavy (non-hydrogen) atoms. The minimum absolute atomic E-state index is 0.389.